The molecule has 3 heteroatoms. The van der Waals surface area contributed by atoms with E-state index in [4.69, 9.17) is 6.11 Å². The molecule has 0 bridgehead atoms. The third-order valence-corrected chi connectivity index (χ3v) is 8.21. The van der Waals surface area contributed by atoms with Crippen molar-refractivity contribution in [3.05, 3.63) is 94.3 Å². The van der Waals surface area contributed by atoms with E-state index in [1.165, 1.54) is 4.90 Å². The average molecular weight is 595 g/mol. The summed E-state index contributed by atoms with van der Waals surface area (Å²) in [6, 6.07) is -1.79. The van der Waals surface area contributed by atoms with E-state index in [1.807, 2.05) is 83.1 Å². The molecule has 0 atom stereocenters. The van der Waals surface area contributed by atoms with Crippen molar-refractivity contribution in [1.29, 1.82) is 0 Å². The van der Waals surface area contributed by atoms with Gasteiger partial charge in [-0.3, -0.25) is 0 Å². The highest BCUT2D eigenvalue weighted by Gasteiger charge is 2.43. The normalized spacial score (nSPS) is 18.1. The molecule has 0 saturated heterocycles. The fraction of sp³-hybridized carbons (Fsp3) is 0.415. The monoisotopic (exact) mass is 594 g/mol. The SMILES string of the molecule is [2H]c1c([2H])c(C(C)(C)C)c([2H])c2c1Oc1c([2H])c(C)c([2H])c3c1B2c1c([2H])c([2H])c(C(C)(C)C)c([2H])c1N3c1c([2H])c(C(C)(C)C)c([2H])c(C(C)(C)C)c1[2H]. The highest BCUT2D eigenvalue weighted by atomic mass is 16.5. The van der Waals surface area contributed by atoms with Gasteiger partial charge in [0.05, 0.1) is 15.1 Å². The van der Waals surface area contributed by atoms with Crippen LogP contribution in [0.4, 0.5) is 17.1 Å². The van der Waals surface area contributed by atoms with Crippen LogP contribution in [-0.4, -0.2) is 6.71 Å². The van der Waals surface area contributed by atoms with Crippen LogP contribution in [0.1, 0.15) is 126 Å². The van der Waals surface area contributed by atoms with Crippen LogP contribution in [0.15, 0.2) is 66.5 Å². The molecule has 4 aromatic rings. The van der Waals surface area contributed by atoms with Gasteiger partial charge in [-0.25, -0.2) is 0 Å². The van der Waals surface area contributed by atoms with E-state index in [0.29, 0.717) is 11.1 Å². The molecule has 0 N–H and O–H groups in total. The number of fused-ring (bicyclic) bond motifs is 4. The van der Waals surface area contributed by atoms with Crippen LogP contribution in [0, 0.1) is 6.92 Å². The maximum atomic E-state index is 9.99. The Morgan fingerprint density at radius 3 is 1.66 bits per heavy atom. The molecule has 0 aromatic heterocycles. The molecule has 44 heavy (non-hydrogen) atoms. The zero-order chi connectivity index (χ0) is 41.7. The third-order valence-electron chi connectivity index (χ3n) is 8.21. The van der Waals surface area contributed by atoms with Gasteiger partial charge >= 0.3 is 0 Å². The molecule has 228 valence electrons. The molecule has 2 aliphatic heterocycles. The molecule has 2 heterocycles. The van der Waals surface area contributed by atoms with Gasteiger partial charge in [0.2, 0.25) is 0 Å². The van der Waals surface area contributed by atoms with Gasteiger partial charge in [0.15, 0.2) is 0 Å². The van der Waals surface area contributed by atoms with Gasteiger partial charge in [0.1, 0.15) is 11.5 Å². The Labute approximate surface area is 282 Å². The quantitative estimate of drug-likeness (QED) is 0.176. The standard InChI is InChI=1S/C41H50BNO/c1-25-18-34-37-36(19-25)44-35-17-15-26(38(2,3)4)23-32(35)42(37)31-16-14-27(39(5,6)7)24-33(31)43(34)30-21-28(40(8,9)10)20-29(22-30)41(11,12)13/h14-24H,1-13H3/i14D,15D,16D,17D,18D,19D,20D,21D,22D,23D,24D. The zero-order valence-electron chi connectivity index (χ0n) is 39.4. The second kappa shape index (κ2) is 9.77. The fourth-order valence-corrected chi connectivity index (χ4v) is 5.57. The van der Waals surface area contributed by atoms with E-state index >= 15 is 0 Å². The highest BCUT2D eigenvalue weighted by molar-refractivity contribution is 6.99. The van der Waals surface area contributed by atoms with E-state index < -0.39 is 28.4 Å². The molecule has 0 radical (unpaired) electrons. The van der Waals surface area contributed by atoms with E-state index in [0.717, 1.165) is 0 Å². The molecule has 0 fully saturated rings. The molecule has 0 spiro atoms. The molecule has 2 nitrogen and oxygen atoms in total. The van der Waals surface area contributed by atoms with Crippen LogP contribution in [0.2, 0.25) is 0 Å². The van der Waals surface area contributed by atoms with Crippen LogP contribution in [-0.2, 0) is 21.7 Å². The van der Waals surface area contributed by atoms with Gasteiger partial charge in [0, 0.05) is 17.1 Å². The van der Waals surface area contributed by atoms with Crippen molar-refractivity contribution in [2.24, 2.45) is 0 Å². The van der Waals surface area contributed by atoms with Crippen LogP contribution in [0.25, 0.3) is 0 Å². The first-order chi connectivity index (χ1) is 24.9. The number of anilines is 3. The van der Waals surface area contributed by atoms with Crippen molar-refractivity contribution in [3.63, 3.8) is 0 Å². The number of rotatable bonds is 1. The largest absolute Gasteiger partial charge is 0.458 e. The number of ether oxygens (including phenoxy) is 1. The Morgan fingerprint density at radius 2 is 1.09 bits per heavy atom. The lowest BCUT2D eigenvalue weighted by atomic mass is 9.34. The number of hydrogen-bond acceptors (Lipinski definition) is 2. The lowest BCUT2D eigenvalue weighted by molar-refractivity contribution is 0.486. The summed E-state index contributed by atoms with van der Waals surface area (Å²) in [7, 11) is 0. The first kappa shape index (κ1) is 19.8. The van der Waals surface area contributed by atoms with Crippen LogP contribution >= 0.6 is 0 Å². The molecule has 6 rings (SSSR count). The molecule has 4 aromatic carbocycles. The van der Waals surface area contributed by atoms with Gasteiger partial charge in [-0.1, -0.05) is 113 Å². The van der Waals surface area contributed by atoms with Crippen LogP contribution in [0.3, 0.4) is 0 Å². The molecule has 0 saturated carbocycles. The third kappa shape index (κ3) is 5.17. The molecule has 2 aliphatic rings. The van der Waals surface area contributed by atoms with Crippen molar-refractivity contribution in [2.75, 3.05) is 4.90 Å². The molecule has 0 unspecified atom stereocenters. The van der Waals surface area contributed by atoms with Gasteiger partial charge in [-0.05, 0) is 109 Å². The van der Waals surface area contributed by atoms with Gasteiger partial charge in [0.25, 0.3) is 6.71 Å². The second-order valence-electron chi connectivity index (χ2n) is 16.3. The Morgan fingerprint density at radius 1 is 0.545 bits per heavy atom. The lowest BCUT2D eigenvalue weighted by Gasteiger charge is -2.42. The summed E-state index contributed by atoms with van der Waals surface area (Å²) in [6.07, 6.45) is 0. The van der Waals surface area contributed by atoms with E-state index in [1.54, 1.807) is 6.92 Å². The fourth-order valence-electron chi connectivity index (χ4n) is 5.57. The van der Waals surface area contributed by atoms with Gasteiger partial charge in [-0.15, -0.1) is 0 Å². The Balaban J connectivity index is 1.99. The minimum Gasteiger partial charge on any atom is -0.458 e. The smallest absolute Gasteiger partial charge is 0.256 e. The average Bonchev–Trinajstić information content (AvgIpc) is 3.00. The topological polar surface area (TPSA) is 12.5 Å². The van der Waals surface area contributed by atoms with E-state index in [-0.39, 0.29) is 128 Å². The molecule has 0 amide bonds. The van der Waals surface area contributed by atoms with Gasteiger partial charge < -0.3 is 9.64 Å². The van der Waals surface area contributed by atoms with Crippen LogP contribution in [0.5, 0.6) is 11.5 Å². The van der Waals surface area contributed by atoms with Crippen molar-refractivity contribution in [1.82, 2.24) is 0 Å². The summed E-state index contributed by atoms with van der Waals surface area (Å²) < 4.78 is 112. The van der Waals surface area contributed by atoms with E-state index in [9.17, 15) is 13.7 Å². The first-order valence-electron chi connectivity index (χ1n) is 20.9. The number of hydrogen-bond donors (Lipinski definition) is 0. The summed E-state index contributed by atoms with van der Waals surface area (Å²) in [5.41, 5.74) is -1.08. The maximum absolute atomic E-state index is 9.99. The molecule has 0 aliphatic carbocycles. The summed E-state index contributed by atoms with van der Waals surface area (Å²) in [5, 5.41) is 0. The van der Waals surface area contributed by atoms with Crippen molar-refractivity contribution in [2.45, 2.75) is 112 Å². The highest BCUT2D eigenvalue weighted by Crippen LogP contribution is 2.45. The predicted octanol–water partition coefficient (Wildman–Crippen LogP) is 9.59. The van der Waals surface area contributed by atoms with Gasteiger partial charge in [-0.2, -0.15) is 0 Å². The first-order valence-corrected chi connectivity index (χ1v) is 15.4. The maximum Gasteiger partial charge on any atom is 0.256 e. The van der Waals surface area contributed by atoms with Crippen LogP contribution < -0.4 is 26.0 Å². The van der Waals surface area contributed by atoms with Crippen molar-refractivity contribution in [3.8, 4) is 11.5 Å². The Bertz CT molecular complexity index is 2340. The number of nitrogens with zero attached hydrogens (tertiary/aromatic N) is 1. The number of benzene rings is 4. The summed E-state index contributed by atoms with van der Waals surface area (Å²) in [4.78, 5) is 1.51. The zero-order valence-corrected chi connectivity index (χ0v) is 28.4. The summed E-state index contributed by atoms with van der Waals surface area (Å²) in [5.74, 6) is -0.174. The minimum atomic E-state index is -1.18. The second-order valence-corrected chi connectivity index (χ2v) is 16.3. The summed E-state index contributed by atoms with van der Waals surface area (Å²) in [6.45, 7) is 22.8. The van der Waals surface area contributed by atoms with E-state index in [2.05, 4.69) is 0 Å². The summed E-state index contributed by atoms with van der Waals surface area (Å²) >= 11 is 0. The molecular weight excluding hydrogens is 533 g/mol. The lowest BCUT2D eigenvalue weighted by Crippen LogP contribution is -2.59. The van der Waals surface area contributed by atoms with Crippen molar-refractivity contribution < 1.29 is 19.8 Å². The minimum absolute atomic E-state index is 0.00108. The predicted molar refractivity (Wildman–Crippen MR) is 192 cm³/mol. The molecular formula is C41H50BNO. The Kier molecular flexibility index (Phi) is 4.40. The Hall–Kier alpha value is -3.46. The van der Waals surface area contributed by atoms with Crippen molar-refractivity contribution >= 4 is 40.2 Å².